The lowest BCUT2D eigenvalue weighted by molar-refractivity contribution is 0.245. The molecule has 0 bridgehead atoms. The minimum absolute atomic E-state index is 0.0989. The second-order valence-corrected chi connectivity index (χ2v) is 4.71. The summed E-state index contributed by atoms with van der Waals surface area (Å²) < 4.78 is 7.42. The number of hydrogen-bond acceptors (Lipinski definition) is 3. The molecule has 0 N–H and O–H groups in total. The van der Waals surface area contributed by atoms with Crippen LogP contribution in [-0.2, 0) is 19.4 Å². The van der Waals surface area contributed by atoms with Gasteiger partial charge in [-0.15, -0.1) is 0 Å². The number of nitrogens with zero attached hydrogens (tertiary/aromatic N) is 2. The van der Waals surface area contributed by atoms with Gasteiger partial charge in [-0.1, -0.05) is 6.42 Å². The highest BCUT2D eigenvalue weighted by Crippen LogP contribution is 2.24. The molecule has 4 nitrogen and oxygen atoms in total. The molecule has 1 aromatic rings. The maximum absolute atomic E-state index is 12.2. The van der Waals surface area contributed by atoms with E-state index in [0.29, 0.717) is 12.3 Å². The van der Waals surface area contributed by atoms with Crippen molar-refractivity contribution in [3.8, 4) is 5.88 Å². The Hall–Kier alpha value is -1.32. The van der Waals surface area contributed by atoms with E-state index in [1.807, 2.05) is 11.5 Å². The Morgan fingerprint density at radius 2 is 2.25 bits per heavy atom. The first-order valence-electron chi connectivity index (χ1n) is 6.05. The zero-order chi connectivity index (χ0) is 11.1. The lowest BCUT2D eigenvalue weighted by atomic mass is 10.2. The summed E-state index contributed by atoms with van der Waals surface area (Å²) in [5.74, 6) is 1.50. The van der Waals surface area contributed by atoms with Gasteiger partial charge in [-0.05, 0) is 19.8 Å². The van der Waals surface area contributed by atoms with Gasteiger partial charge in [0, 0.05) is 19.4 Å². The van der Waals surface area contributed by atoms with Crippen molar-refractivity contribution in [2.24, 2.45) is 0 Å². The van der Waals surface area contributed by atoms with Crippen LogP contribution in [0, 0.1) is 0 Å². The number of rotatable bonds is 0. The molecule has 0 radical (unpaired) electrons. The lowest BCUT2D eigenvalue weighted by Gasteiger charge is -2.09. The van der Waals surface area contributed by atoms with E-state index >= 15 is 0 Å². The number of hydrogen-bond donors (Lipinski definition) is 0. The molecule has 0 aliphatic carbocycles. The Morgan fingerprint density at radius 3 is 3.12 bits per heavy atom. The standard InChI is InChI=1S/C12H16N2O2/c1-8-7-9-11(16-8)13-10-5-3-2-4-6-14(10)12(9)15/h8H,2-7H2,1H3/t8-/m0/s1. The molecule has 1 aromatic heterocycles. The molecule has 2 aliphatic heterocycles. The third-order valence-electron chi connectivity index (χ3n) is 3.39. The molecule has 16 heavy (non-hydrogen) atoms. The summed E-state index contributed by atoms with van der Waals surface area (Å²) in [6, 6.07) is 0. The largest absolute Gasteiger partial charge is 0.474 e. The third-order valence-corrected chi connectivity index (χ3v) is 3.39. The smallest absolute Gasteiger partial charge is 0.260 e. The zero-order valence-electron chi connectivity index (χ0n) is 9.53. The van der Waals surface area contributed by atoms with Gasteiger partial charge in [0.05, 0.1) is 5.56 Å². The van der Waals surface area contributed by atoms with E-state index in [4.69, 9.17) is 4.74 Å². The van der Waals surface area contributed by atoms with Crippen molar-refractivity contribution in [2.45, 2.75) is 51.7 Å². The number of aromatic nitrogens is 2. The van der Waals surface area contributed by atoms with E-state index in [-0.39, 0.29) is 11.7 Å². The highest BCUT2D eigenvalue weighted by atomic mass is 16.5. The summed E-state index contributed by atoms with van der Waals surface area (Å²) in [4.78, 5) is 16.8. The summed E-state index contributed by atoms with van der Waals surface area (Å²) >= 11 is 0. The van der Waals surface area contributed by atoms with E-state index in [1.165, 1.54) is 6.42 Å². The first-order chi connectivity index (χ1) is 7.75. The second-order valence-electron chi connectivity index (χ2n) is 4.71. The SMILES string of the molecule is C[C@H]1Cc2c(nc3n(c2=O)CCCCC3)O1. The van der Waals surface area contributed by atoms with Crippen LogP contribution < -0.4 is 10.3 Å². The van der Waals surface area contributed by atoms with Gasteiger partial charge in [0.15, 0.2) is 0 Å². The lowest BCUT2D eigenvalue weighted by Crippen LogP contribution is -2.26. The fourth-order valence-corrected chi connectivity index (χ4v) is 2.56. The average Bonchev–Trinajstić information content (AvgIpc) is 2.48. The Balaban J connectivity index is 2.15. The summed E-state index contributed by atoms with van der Waals surface area (Å²) in [7, 11) is 0. The summed E-state index contributed by atoms with van der Waals surface area (Å²) in [5.41, 5.74) is 0.907. The topological polar surface area (TPSA) is 44.1 Å². The van der Waals surface area contributed by atoms with Gasteiger partial charge in [-0.3, -0.25) is 9.36 Å². The minimum atomic E-state index is 0.0989. The average molecular weight is 220 g/mol. The molecule has 4 heteroatoms. The van der Waals surface area contributed by atoms with Crippen LogP contribution in [0.3, 0.4) is 0 Å². The molecule has 3 heterocycles. The van der Waals surface area contributed by atoms with E-state index < -0.39 is 0 Å². The van der Waals surface area contributed by atoms with E-state index in [2.05, 4.69) is 4.98 Å². The van der Waals surface area contributed by atoms with Crippen LogP contribution in [0.25, 0.3) is 0 Å². The van der Waals surface area contributed by atoms with E-state index in [1.54, 1.807) is 0 Å². The highest BCUT2D eigenvalue weighted by Gasteiger charge is 2.26. The molecule has 1 atom stereocenters. The van der Waals surface area contributed by atoms with Crippen LogP contribution in [0.1, 0.15) is 37.6 Å². The molecule has 2 aliphatic rings. The first kappa shape index (κ1) is 9.87. The quantitative estimate of drug-likeness (QED) is 0.662. The molecule has 0 spiro atoms. The maximum atomic E-state index is 12.2. The van der Waals surface area contributed by atoms with Gasteiger partial charge < -0.3 is 4.74 Å². The van der Waals surface area contributed by atoms with Crippen molar-refractivity contribution < 1.29 is 4.74 Å². The van der Waals surface area contributed by atoms with Crippen molar-refractivity contribution >= 4 is 0 Å². The second kappa shape index (κ2) is 3.61. The molecule has 0 amide bonds. The Bertz CT molecular complexity index is 479. The predicted octanol–water partition coefficient (Wildman–Crippen LogP) is 1.29. The number of ether oxygens (including phenoxy) is 1. The molecular formula is C12H16N2O2. The molecular weight excluding hydrogens is 204 g/mol. The van der Waals surface area contributed by atoms with Crippen molar-refractivity contribution in [3.05, 3.63) is 21.7 Å². The molecule has 3 rings (SSSR count). The zero-order valence-corrected chi connectivity index (χ0v) is 9.53. The number of aryl methyl sites for hydroxylation is 1. The van der Waals surface area contributed by atoms with Crippen LogP contribution in [-0.4, -0.2) is 15.7 Å². The highest BCUT2D eigenvalue weighted by molar-refractivity contribution is 5.29. The van der Waals surface area contributed by atoms with Crippen LogP contribution in [0.15, 0.2) is 4.79 Å². The molecule has 0 saturated heterocycles. The van der Waals surface area contributed by atoms with Crippen LogP contribution in [0.2, 0.25) is 0 Å². The third kappa shape index (κ3) is 1.44. The monoisotopic (exact) mass is 220 g/mol. The van der Waals surface area contributed by atoms with Crippen molar-refractivity contribution in [1.29, 1.82) is 0 Å². The molecule has 0 unspecified atom stereocenters. The molecule has 0 aromatic carbocycles. The van der Waals surface area contributed by atoms with Gasteiger partial charge in [-0.25, -0.2) is 0 Å². The predicted molar refractivity (Wildman–Crippen MR) is 59.8 cm³/mol. The maximum Gasteiger partial charge on any atom is 0.260 e. The summed E-state index contributed by atoms with van der Waals surface area (Å²) in [6.07, 6.45) is 5.11. The van der Waals surface area contributed by atoms with Gasteiger partial charge in [0.1, 0.15) is 11.9 Å². The summed E-state index contributed by atoms with van der Waals surface area (Å²) in [6.45, 7) is 2.81. The van der Waals surface area contributed by atoms with Crippen molar-refractivity contribution in [2.75, 3.05) is 0 Å². The Morgan fingerprint density at radius 1 is 1.38 bits per heavy atom. The summed E-state index contributed by atoms with van der Waals surface area (Å²) in [5, 5.41) is 0. The van der Waals surface area contributed by atoms with E-state index in [0.717, 1.165) is 37.2 Å². The fourth-order valence-electron chi connectivity index (χ4n) is 2.56. The first-order valence-corrected chi connectivity index (χ1v) is 6.05. The molecule has 86 valence electrons. The normalized spacial score (nSPS) is 23.2. The van der Waals surface area contributed by atoms with E-state index in [9.17, 15) is 4.79 Å². The van der Waals surface area contributed by atoms with Gasteiger partial charge in [0.25, 0.3) is 5.56 Å². The Labute approximate surface area is 94.3 Å². The van der Waals surface area contributed by atoms with Crippen LogP contribution in [0.4, 0.5) is 0 Å². The van der Waals surface area contributed by atoms with Crippen LogP contribution in [0.5, 0.6) is 5.88 Å². The van der Waals surface area contributed by atoms with Crippen molar-refractivity contribution in [3.63, 3.8) is 0 Å². The molecule has 0 fully saturated rings. The van der Waals surface area contributed by atoms with Gasteiger partial charge in [-0.2, -0.15) is 4.98 Å². The minimum Gasteiger partial charge on any atom is -0.474 e. The van der Waals surface area contributed by atoms with Gasteiger partial charge in [0.2, 0.25) is 5.88 Å². The van der Waals surface area contributed by atoms with Crippen LogP contribution >= 0.6 is 0 Å². The fraction of sp³-hybridized carbons (Fsp3) is 0.667. The number of fused-ring (bicyclic) bond motifs is 2. The van der Waals surface area contributed by atoms with Gasteiger partial charge >= 0.3 is 0 Å². The van der Waals surface area contributed by atoms with Crippen molar-refractivity contribution in [1.82, 2.24) is 9.55 Å². The molecule has 0 saturated carbocycles. The Kier molecular flexibility index (Phi) is 2.23.